The fourth-order valence-electron chi connectivity index (χ4n) is 1.87. The molecule has 0 saturated carbocycles. The van der Waals surface area contributed by atoms with E-state index in [2.05, 4.69) is 24.3 Å². The number of nitrogen functional groups attached to an aromatic ring is 1. The Bertz CT molecular complexity index is 362. The largest absolute Gasteiger partial charge is 0.302 e. The summed E-state index contributed by atoms with van der Waals surface area (Å²) in [6, 6.07) is 7.55. The van der Waals surface area contributed by atoms with Crippen LogP contribution in [-0.4, -0.2) is 24.4 Å². The van der Waals surface area contributed by atoms with Crippen LogP contribution in [0.15, 0.2) is 24.3 Å². The molecule has 0 radical (unpaired) electrons. The molecular weight excluding hydrogens is 226 g/mol. The number of hydrogen-bond acceptors (Lipinski definition) is 3. The average Bonchev–Trinajstić information content (AvgIpc) is 2.39. The molecule has 0 aliphatic rings. The molecule has 0 fully saturated rings. The molecule has 0 aliphatic carbocycles. The molecule has 0 spiro atoms. The third-order valence-corrected chi connectivity index (χ3v) is 2.94. The number of nitrogens with zero attached hydrogens (tertiary/aromatic N) is 1. The number of nitrogens with one attached hydrogen (secondary N) is 1. The molecular formula is C14H23N3O. The summed E-state index contributed by atoms with van der Waals surface area (Å²) in [5, 5.41) is 0. The van der Waals surface area contributed by atoms with E-state index in [1.165, 1.54) is 24.8 Å². The van der Waals surface area contributed by atoms with Gasteiger partial charge in [-0.3, -0.25) is 10.2 Å². The zero-order chi connectivity index (χ0) is 13.4. The Hall–Kier alpha value is -1.39. The van der Waals surface area contributed by atoms with Crippen LogP contribution in [-0.2, 0) is 6.54 Å². The lowest BCUT2D eigenvalue weighted by molar-refractivity contribution is 0.0953. The third kappa shape index (κ3) is 4.85. The van der Waals surface area contributed by atoms with Crippen molar-refractivity contribution in [2.45, 2.75) is 32.7 Å². The van der Waals surface area contributed by atoms with Crippen LogP contribution >= 0.6 is 0 Å². The quantitative estimate of drug-likeness (QED) is 0.336. The minimum atomic E-state index is -0.252. The molecule has 1 aromatic rings. The molecule has 1 rings (SSSR count). The Morgan fingerprint density at radius 1 is 1.28 bits per heavy atom. The number of carbonyl (C=O) groups is 1. The van der Waals surface area contributed by atoms with Crippen LogP contribution in [0.2, 0.25) is 0 Å². The molecule has 18 heavy (non-hydrogen) atoms. The topological polar surface area (TPSA) is 58.4 Å². The van der Waals surface area contributed by atoms with Crippen molar-refractivity contribution in [2.75, 3.05) is 13.6 Å². The number of hydrogen-bond donors (Lipinski definition) is 2. The highest BCUT2D eigenvalue weighted by Crippen LogP contribution is 2.07. The Kier molecular flexibility index (Phi) is 6.39. The molecule has 0 atom stereocenters. The van der Waals surface area contributed by atoms with Gasteiger partial charge in [-0.15, -0.1) is 0 Å². The van der Waals surface area contributed by atoms with Gasteiger partial charge < -0.3 is 4.90 Å². The van der Waals surface area contributed by atoms with Crippen molar-refractivity contribution in [3.63, 3.8) is 0 Å². The van der Waals surface area contributed by atoms with Crippen LogP contribution in [0.5, 0.6) is 0 Å². The van der Waals surface area contributed by atoms with Crippen LogP contribution in [0.4, 0.5) is 0 Å². The van der Waals surface area contributed by atoms with Crippen LogP contribution in [0.1, 0.15) is 42.1 Å². The summed E-state index contributed by atoms with van der Waals surface area (Å²) in [7, 11) is 2.12. The van der Waals surface area contributed by atoms with Gasteiger partial charge in [0.2, 0.25) is 0 Å². The highest BCUT2D eigenvalue weighted by Gasteiger charge is 2.04. The fourth-order valence-corrected chi connectivity index (χ4v) is 1.87. The highest BCUT2D eigenvalue weighted by molar-refractivity contribution is 5.93. The van der Waals surface area contributed by atoms with Crippen molar-refractivity contribution in [2.24, 2.45) is 5.84 Å². The smallest absolute Gasteiger partial charge is 0.265 e. The Morgan fingerprint density at radius 2 is 1.94 bits per heavy atom. The van der Waals surface area contributed by atoms with Gasteiger partial charge in [-0.25, -0.2) is 5.84 Å². The highest BCUT2D eigenvalue weighted by atomic mass is 16.2. The molecule has 0 aromatic heterocycles. The first-order chi connectivity index (χ1) is 8.67. The second-order valence-electron chi connectivity index (χ2n) is 4.62. The lowest BCUT2D eigenvalue weighted by Gasteiger charge is -2.16. The van der Waals surface area contributed by atoms with E-state index >= 15 is 0 Å². The number of benzene rings is 1. The number of amides is 1. The third-order valence-electron chi connectivity index (χ3n) is 2.94. The molecule has 1 amide bonds. The first kappa shape index (κ1) is 14.7. The van der Waals surface area contributed by atoms with E-state index in [0.717, 1.165) is 13.1 Å². The lowest BCUT2D eigenvalue weighted by Crippen LogP contribution is -2.29. The second kappa shape index (κ2) is 7.84. The normalized spacial score (nSPS) is 10.7. The summed E-state index contributed by atoms with van der Waals surface area (Å²) in [6.45, 7) is 4.23. The van der Waals surface area contributed by atoms with E-state index in [1.54, 1.807) is 12.1 Å². The SMILES string of the molecule is CCCCCN(C)Cc1ccc(C(=O)NN)cc1. The maximum atomic E-state index is 11.3. The molecule has 4 nitrogen and oxygen atoms in total. The summed E-state index contributed by atoms with van der Waals surface area (Å²) in [4.78, 5) is 13.6. The molecule has 1 aromatic carbocycles. The minimum Gasteiger partial charge on any atom is -0.302 e. The molecule has 0 heterocycles. The lowest BCUT2D eigenvalue weighted by atomic mass is 10.1. The van der Waals surface area contributed by atoms with Gasteiger partial charge in [-0.05, 0) is 37.7 Å². The minimum absolute atomic E-state index is 0.252. The molecule has 0 bridgehead atoms. The predicted octanol–water partition coefficient (Wildman–Crippen LogP) is 1.91. The van der Waals surface area contributed by atoms with Crippen molar-refractivity contribution in [1.82, 2.24) is 10.3 Å². The van der Waals surface area contributed by atoms with E-state index < -0.39 is 0 Å². The number of unbranched alkanes of at least 4 members (excludes halogenated alkanes) is 2. The van der Waals surface area contributed by atoms with Crippen LogP contribution in [0, 0.1) is 0 Å². The van der Waals surface area contributed by atoms with Crippen molar-refractivity contribution in [3.05, 3.63) is 35.4 Å². The molecule has 0 saturated heterocycles. The van der Waals surface area contributed by atoms with Crippen molar-refractivity contribution >= 4 is 5.91 Å². The molecule has 4 heteroatoms. The number of nitrogens with two attached hydrogens (primary N) is 1. The number of hydrazine groups is 1. The second-order valence-corrected chi connectivity index (χ2v) is 4.62. The Morgan fingerprint density at radius 3 is 2.50 bits per heavy atom. The van der Waals surface area contributed by atoms with E-state index in [9.17, 15) is 4.79 Å². The first-order valence-electron chi connectivity index (χ1n) is 6.45. The standard InChI is InChI=1S/C14H23N3O/c1-3-4-5-10-17(2)11-12-6-8-13(9-7-12)14(18)16-15/h6-9H,3-5,10-11,15H2,1-2H3,(H,16,18). The van der Waals surface area contributed by atoms with Crippen LogP contribution < -0.4 is 11.3 Å². The van der Waals surface area contributed by atoms with Gasteiger partial charge in [0.15, 0.2) is 0 Å². The van der Waals surface area contributed by atoms with Gasteiger partial charge in [0.1, 0.15) is 0 Å². The molecule has 3 N–H and O–H groups in total. The van der Waals surface area contributed by atoms with Gasteiger partial charge >= 0.3 is 0 Å². The van der Waals surface area contributed by atoms with Crippen LogP contribution in [0.3, 0.4) is 0 Å². The van der Waals surface area contributed by atoms with Crippen molar-refractivity contribution in [3.8, 4) is 0 Å². The van der Waals surface area contributed by atoms with Gasteiger partial charge in [0, 0.05) is 12.1 Å². The molecule has 0 unspecified atom stereocenters. The summed E-state index contributed by atoms with van der Waals surface area (Å²) >= 11 is 0. The van der Waals surface area contributed by atoms with Gasteiger partial charge in [-0.1, -0.05) is 31.9 Å². The van der Waals surface area contributed by atoms with E-state index in [4.69, 9.17) is 5.84 Å². The number of rotatable bonds is 7. The summed E-state index contributed by atoms with van der Waals surface area (Å²) in [6.07, 6.45) is 3.76. The zero-order valence-corrected chi connectivity index (χ0v) is 11.3. The van der Waals surface area contributed by atoms with E-state index in [0.29, 0.717) is 5.56 Å². The summed E-state index contributed by atoms with van der Waals surface area (Å²) in [5.74, 6) is 4.83. The van der Waals surface area contributed by atoms with Gasteiger partial charge in [0.25, 0.3) is 5.91 Å². The monoisotopic (exact) mass is 249 g/mol. The van der Waals surface area contributed by atoms with Gasteiger partial charge in [0.05, 0.1) is 0 Å². The summed E-state index contributed by atoms with van der Waals surface area (Å²) < 4.78 is 0. The summed E-state index contributed by atoms with van der Waals surface area (Å²) in [5.41, 5.74) is 3.93. The zero-order valence-electron chi connectivity index (χ0n) is 11.3. The van der Waals surface area contributed by atoms with E-state index in [-0.39, 0.29) is 5.91 Å². The maximum absolute atomic E-state index is 11.3. The first-order valence-corrected chi connectivity index (χ1v) is 6.45. The number of carbonyl (C=O) groups excluding carboxylic acids is 1. The van der Waals surface area contributed by atoms with Crippen molar-refractivity contribution < 1.29 is 4.79 Å². The molecule has 100 valence electrons. The van der Waals surface area contributed by atoms with Gasteiger partial charge in [-0.2, -0.15) is 0 Å². The maximum Gasteiger partial charge on any atom is 0.265 e. The predicted molar refractivity (Wildman–Crippen MR) is 74.0 cm³/mol. The van der Waals surface area contributed by atoms with Crippen LogP contribution in [0.25, 0.3) is 0 Å². The van der Waals surface area contributed by atoms with Crippen molar-refractivity contribution in [1.29, 1.82) is 0 Å². The van der Waals surface area contributed by atoms with E-state index in [1.807, 2.05) is 12.1 Å². The Balaban J connectivity index is 2.45. The Labute approximate surface area is 109 Å². The average molecular weight is 249 g/mol. The molecule has 0 aliphatic heterocycles. The fraction of sp³-hybridized carbons (Fsp3) is 0.500.